The van der Waals surface area contributed by atoms with E-state index in [9.17, 15) is 4.79 Å². The van der Waals surface area contributed by atoms with Crippen molar-refractivity contribution in [1.82, 2.24) is 10.2 Å². The normalized spacial score (nSPS) is 19.4. The molecule has 1 aromatic carbocycles. The molecular weight excluding hydrogens is 286 g/mol. The lowest BCUT2D eigenvalue weighted by Crippen LogP contribution is -2.53. The van der Waals surface area contributed by atoms with Gasteiger partial charge in [0.15, 0.2) is 0 Å². The van der Waals surface area contributed by atoms with E-state index in [0.29, 0.717) is 12.0 Å². The molecule has 1 aliphatic carbocycles. The number of nitrogens with zero attached hydrogens (tertiary/aromatic N) is 2. The third kappa shape index (κ3) is 3.98. The molecule has 3 rings (SSSR count). The first-order valence-electron chi connectivity index (χ1n) is 9.04. The van der Waals surface area contributed by atoms with Crippen LogP contribution in [0.1, 0.15) is 51.0 Å². The average molecular weight is 315 g/mol. The van der Waals surface area contributed by atoms with Crippen molar-refractivity contribution in [3.05, 3.63) is 29.8 Å². The number of carbonyl (C=O) groups is 1. The number of carbonyl (C=O) groups excluding carboxylic acids is 1. The molecule has 1 heterocycles. The predicted octanol–water partition coefficient (Wildman–Crippen LogP) is 3.58. The van der Waals surface area contributed by atoms with Crippen LogP contribution in [0.2, 0.25) is 0 Å². The van der Waals surface area contributed by atoms with Crippen LogP contribution in [0.5, 0.6) is 0 Å². The molecule has 23 heavy (non-hydrogen) atoms. The van der Waals surface area contributed by atoms with E-state index in [2.05, 4.69) is 48.3 Å². The molecule has 0 bridgehead atoms. The molecule has 0 radical (unpaired) electrons. The van der Waals surface area contributed by atoms with E-state index < -0.39 is 0 Å². The number of nitrogens with one attached hydrogen (secondary N) is 1. The van der Waals surface area contributed by atoms with Gasteiger partial charge >= 0.3 is 6.03 Å². The maximum Gasteiger partial charge on any atom is 0.317 e. The molecule has 4 nitrogen and oxygen atoms in total. The Bertz CT molecular complexity index is 512. The Morgan fingerprint density at radius 1 is 1.04 bits per heavy atom. The minimum atomic E-state index is 0.131. The Labute approximate surface area is 139 Å². The highest BCUT2D eigenvalue weighted by Gasteiger charge is 2.24. The first-order valence-corrected chi connectivity index (χ1v) is 9.04. The topological polar surface area (TPSA) is 35.6 Å². The monoisotopic (exact) mass is 315 g/mol. The molecule has 1 saturated carbocycles. The van der Waals surface area contributed by atoms with Crippen molar-refractivity contribution in [3.8, 4) is 0 Å². The molecule has 0 unspecified atom stereocenters. The second kappa shape index (κ2) is 7.24. The second-order valence-electron chi connectivity index (χ2n) is 7.15. The van der Waals surface area contributed by atoms with Crippen LogP contribution < -0.4 is 10.2 Å². The SMILES string of the molecule is CC(C)c1ccc(N2CCN(C(=O)NC3CCCC3)CC2)cc1. The van der Waals surface area contributed by atoms with Gasteiger partial charge in [-0.1, -0.05) is 38.8 Å². The summed E-state index contributed by atoms with van der Waals surface area (Å²) in [6.07, 6.45) is 4.80. The summed E-state index contributed by atoms with van der Waals surface area (Å²) in [4.78, 5) is 16.7. The van der Waals surface area contributed by atoms with Gasteiger partial charge in [0, 0.05) is 37.9 Å². The number of hydrogen-bond donors (Lipinski definition) is 1. The molecule has 1 aromatic rings. The number of rotatable bonds is 3. The van der Waals surface area contributed by atoms with Crippen molar-refractivity contribution in [2.75, 3.05) is 31.1 Å². The van der Waals surface area contributed by atoms with E-state index in [-0.39, 0.29) is 6.03 Å². The Morgan fingerprint density at radius 3 is 2.22 bits per heavy atom. The van der Waals surface area contributed by atoms with Gasteiger partial charge in [-0.05, 0) is 36.5 Å². The fourth-order valence-corrected chi connectivity index (χ4v) is 3.57. The average Bonchev–Trinajstić information content (AvgIpc) is 3.08. The van der Waals surface area contributed by atoms with E-state index in [0.717, 1.165) is 39.0 Å². The second-order valence-corrected chi connectivity index (χ2v) is 7.15. The maximum atomic E-state index is 12.3. The number of benzene rings is 1. The molecular formula is C19H29N3O. The van der Waals surface area contributed by atoms with Gasteiger partial charge in [0.25, 0.3) is 0 Å². The highest BCUT2D eigenvalue weighted by atomic mass is 16.2. The smallest absolute Gasteiger partial charge is 0.317 e. The van der Waals surface area contributed by atoms with E-state index in [1.165, 1.54) is 24.1 Å². The van der Waals surface area contributed by atoms with Gasteiger partial charge in [-0.15, -0.1) is 0 Å². The van der Waals surface area contributed by atoms with Gasteiger partial charge in [0.2, 0.25) is 0 Å². The van der Waals surface area contributed by atoms with Crippen molar-refractivity contribution in [1.29, 1.82) is 0 Å². The first kappa shape index (κ1) is 16.2. The summed E-state index contributed by atoms with van der Waals surface area (Å²) < 4.78 is 0. The molecule has 2 aliphatic rings. The minimum absolute atomic E-state index is 0.131. The van der Waals surface area contributed by atoms with E-state index in [4.69, 9.17) is 0 Å². The number of urea groups is 1. The van der Waals surface area contributed by atoms with Crippen molar-refractivity contribution in [3.63, 3.8) is 0 Å². The Morgan fingerprint density at radius 2 is 1.65 bits per heavy atom. The summed E-state index contributed by atoms with van der Waals surface area (Å²) in [5.74, 6) is 0.570. The zero-order valence-electron chi connectivity index (χ0n) is 14.4. The lowest BCUT2D eigenvalue weighted by atomic mass is 10.0. The van der Waals surface area contributed by atoms with Crippen LogP contribution >= 0.6 is 0 Å². The Hall–Kier alpha value is -1.71. The van der Waals surface area contributed by atoms with Crippen LogP contribution in [0.4, 0.5) is 10.5 Å². The zero-order chi connectivity index (χ0) is 16.2. The zero-order valence-corrected chi connectivity index (χ0v) is 14.4. The summed E-state index contributed by atoms with van der Waals surface area (Å²) in [6, 6.07) is 9.40. The van der Waals surface area contributed by atoms with Gasteiger partial charge in [-0.3, -0.25) is 0 Å². The van der Waals surface area contributed by atoms with Gasteiger partial charge < -0.3 is 15.1 Å². The van der Waals surface area contributed by atoms with Gasteiger partial charge in [0.1, 0.15) is 0 Å². The molecule has 0 spiro atoms. The van der Waals surface area contributed by atoms with Crippen LogP contribution in [-0.4, -0.2) is 43.2 Å². The Balaban J connectivity index is 1.50. The molecule has 2 amide bonds. The third-order valence-corrected chi connectivity index (χ3v) is 5.17. The van der Waals surface area contributed by atoms with Gasteiger partial charge in [0.05, 0.1) is 0 Å². The first-order chi connectivity index (χ1) is 11.1. The van der Waals surface area contributed by atoms with Crippen LogP contribution in [-0.2, 0) is 0 Å². The quantitative estimate of drug-likeness (QED) is 0.925. The molecule has 0 atom stereocenters. The number of anilines is 1. The van der Waals surface area contributed by atoms with E-state index >= 15 is 0 Å². The highest BCUT2D eigenvalue weighted by Crippen LogP contribution is 2.22. The molecule has 2 fully saturated rings. The standard InChI is InChI=1S/C19H29N3O/c1-15(2)16-7-9-18(10-8-16)21-11-13-22(14-12-21)19(23)20-17-5-3-4-6-17/h7-10,15,17H,3-6,11-14H2,1-2H3,(H,20,23). The third-order valence-electron chi connectivity index (χ3n) is 5.17. The van der Waals surface area contributed by atoms with Crippen LogP contribution in [0.3, 0.4) is 0 Å². The fourth-order valence-electron chi connectivity index (χ4n) is 3.57. The summed E-state index contributed by atoms with van der Waals surface area (Å²) in [6.45, 7) is 7.89. The van der Waals surface area contributed by atoms with Crippen molar-refractivity contribution < 1.29 is 4.79 Å². The maximum absolute atomic E-state index is 12.3. The number of piperazine rings is 1. The van der Waals surface area contributed by atoms with E-state index in [1.54, 1.807) is 0 Å². The minimum Gasteiger partial charge on any atom is -0.368 e. The van der Waals surface area contributed by atoms with Crippen molar-refractivity contribution in [2.45, 2.75) is 51.5 Å². The summed E-state index contributed by atoms with van der Waals surface area (Å²) in [7, 11) is 0. The molecule has 126 valence electrons. The summed E-state index contributed by atoms with van der Waals surface area (Å²) in [5, 5.41) is 3.19. The predicted molar refractivity (Wildman–Crippen MR) is 95.1 cm³/mol. The van der Waals surface area contributed by atoms with Crippen molar-refractivity contribution in [2.24, 2.45) is 0 Å². The number of amides is 2. The largest absolute Gasteiger partial charge is 0.368 e. The molecule has 4 heteroatoms. The molecule has 1 N–H and O–H groups in total. The molecule has 1 saturated heterocycles. The van der Waals surface area contributed by atoms with Crippen LogP contribution in [0, 0.1) is 0 Å². The van der Waals surface area contributed by atoms with Gasteiger partial charge in [-0.2, -0.15) is 0 Å². The van der Waals surface area contributed by atoms with Crippen LogP contribution in [0.25, 0.3) is 0 Å². The summed E-state index contributed by atoms with van der Waals surface area (Å²) >= 11 is 0. The Kier molecular flexibility index (Phi) is 5.09. The number of hydrogen-bond acceptors (Lipinski definition) is 2. The van der Waals surface area contributed by atoms with E-state index in [1.807, 2.05) is 4.90 Å². The molecule has 1 aliphatic heterocycles. The van der Waals surface area contributed by atoms with Crippen molar-refractivity contribution >= 4 is 11.7 Å². The molecule has 0 aromatic heterocycles. The highest BCUT2D eigenvalue weighted by molar-refractivity contribution is 5.75. The lowest BCUT2D eigenvalue weighted by molar-refractivity contribution is 0.190. The van der Waals surface area contributed by atoms with Gasteiger partial charge in [-0.25, -0.2) is 4.79 Å². The van der Waals surface area contributed by atoms with Crippen LogP contribution in [0.15, 0.2) is 24.3 Å². The lowest BCUT2D eigenvalue weighted by Gasteiger charge is -2.36. The fraction of sp³-hybridized carbons (Fsp3) is 0.632. The summed E-state index contributed by atoms with van der Waals surface area (Å²) in [5.41, 5.74) is 2.65.